The SMILES string of the molecule is CC(NC(=O)C(C)N1CCCC1c1nc2ccccc2s1)c1ccccc1. The Morgan fingerprint density at radius 2 is 1.89 bits per heavy atom. The molecule has 1 amide bonds. The number of amides is 1. The fourth-order valence-electron chi connectivity index (χ4n) is 3.86. The highest BCUT2D eigenvalue weighted by atomic mass is 32.1. The molecule has 27 heavy (non-hydrogen) atoms. The van der Waals surface area contributed by atoms with Crippen LogP contribution >= 0.6 is 11.3 Å². The Morgan fingerprint density at radius 1 is 1.15 bits per heavy atom. The second kappa shape index (κ2) is 7.79. The molecular weight excluding hydrogens is 354 g/mol. The summed E-state index contributed by atoms with van der Waals surface area (Å²) in [5, 5.41) is 4.30. The quantitative estimate of drug-likeness (QED) is 0.699. The van der Waals surface area contributed by atoms with E-state index in [0.29, 0.717) is 0 Å². The van der Waals surface area contributed by atoms with E-state index in [1.807, 2.05) is 38.1 Å². The van der Waals surface area contributed by atoms with Gasteiger partial charge in [-0.25, -0.2) is 4.98 Å². The lowest BCUT2D eigenvalue weighted by molar-refractivity contribution is -0.126. The molecule has 0 aliphatic carbocycles. The van der Waals surface area contributed by atoms with Gasteiger partial charge in [-0.2, -0.15) is 0 Å². The number of nitrogens with zero attached hydrogens (tertiary/aromatic N) is 2. The Kier molecular flexibility index (Phi) is 5.23. The molecule has 1 aliphatic heterocycles. The fourth-order valence-corrected chi connectivity index (χ4v) is 4.98. The van der Waals surface area contributed by atoms with E-state index in [4.69, 9.17) is 4.98 Å². The van der Waals surface area contributed by atoms with Gasteiger partial charge in [-0.15, -0.1) is 11.3 Å². The smallest absolute Gasteiger partial charge is 0.237 e. The summed E-state index contributed by atoms with van der Waals surface area (Å²) in [6.07, 6.45) is 2.16. The molecule has 3 aromatic rings. The van der Waals surface area contributed by atoms with Crippen LogP contribution in [0.15, 0.2) is 54.6 Å². The molecule has 5 heteroatoms. The minimum absolute atomic E-state index is 0.00431. The summed E-state index contributed by atoms with van der Waals surface area (Å²) in [5.74, 6) is 0.0827. The number of benzene rings is 2. The van der Waals surface area contributed by atoms with Crippen LogP contribution < -0.4 is 5.32 Å². The Balaban J connectivity index is 1.48. The molecule has 3 atom stereocenters. The summed E-state index contributed by atoms with van der Waals surface area (Å²) in [7, 11) is 0. The largest absolute Gasteiger partial charge is 0.348 e. The third-order valence-electron chi connectivity index (χ3n) is 5.42. The number of aromatic nitrogens is 1. The molecule has 0 spiro atoms. The van der Waals surface area contributed by atoms with E-state index >= 15 is 0 Å². The van der Waals surface area contributed by atoms with Crippen LogP contribution in [0.25, 0.3) is 10.2 Å². The van der Waals surface area contributed by atoms with Crippen molar-refractivity contribution in [3.63, 3.8) is 0 Å². The molecule has 1 saturated heterocycles. The van der Waals surface area contributed by atoms with Crippen molar-refractivity contribution in [3.8, 4) is 0 Å². The molecule has 0 radical (unpaired) electrons. The molecule has 1 aliphatic rings. The maximum Gasteiger partial charge on any atom is 0.237 e. The number of likely N-dealkylation sites (tertiary alicyclic amines) is 1. The average Bonchev–Trinajstić information content (AvgIpc) is 3.34. The van der Waals surface area contributed by atoms with Gasteiger partial charge in [-0.05, 0) is 50.9 Å². The molecule has 3 unspecified atom stereocenters. The zero-order valence-electron chi connectivity index (χ0n) is 15.8. The van der Waals surface area contributed by atoms with Gasteiger partial charge in [0.1, 0.15) is 5.01 Å². The van der Waals surface area contributed by atoms with E-state index in [9.17, 15) is 4.79 Å². The van der Waals surface area contributed by atoms with E-state index in [1.54, 1.807) is 11.3 Å². The van der Waals surface area contributed by atoms with Crippen LogP contribution in [-0.4, -0.2) is 28.4 Å². The zero-order chi connectivity index (χ0) is 18.8. The van der Waals surface area contributed by atoms with Crippen molar-refractivity contribution < 1.29 is 4.79 Å². The van der Waals surface area contributed by atoms with Crippen LogP contribution in [0.1, 0.15) is 49.3 Å². The second-order valence-electron chi connectivity index (χ2n) is 7.23. The summed E-state index contributed by atoms with van der Waals surface area (Å²) in [6.45, 7) is 4.99. The molecule has 4 rings (SSSR count). The lowest BCUT2D eigenvalue weighted by Crippen LogP contribution is -2.45. The zero-order valence-corrected chi connectivity index (χ0v) is 16.6. The van der Waals surface area contributed by atoms with Gasteiger partial charge in [-0.1, -0.05) is 42.5 Å². The fraction of sp³-hybridized carbons (Fsp3) is 0.364. The van der Waals surface area contributed by atoms with Gasteiger partial charge in [0, 0.05) is 0 Å². The minimum atomic E-state index is -0.171. The summed E-state index contributed by atoms with van der Waals surface area (Å²) < 4.78 is 1.22. The summed E-state index contributed by atoms with van der Waals surface area (Å²) in [5.41, 5.74) is 2.18. The number of thiazole rings is 1. The van der Waals surface area contributed by atoms with Crippen molar-refractivity contribution in [2.75, 3.05) is 6.54 Å². The van der Waals surface area contributed by atoms with Crippen molar-refractivity contribution in [1.29, 1.82) is 0 Å². The van der Waals surface area contributed by atoms with Crippen LogP contribution in [-0.2, 0) is 4.79 Å². The number of hydrogen-bond donors (Lipinski definition) is 1. The van der Waals surface area contributed by atoms with Gasteiger partial charge in [-0.3, -0.25) is 9.69 Å². The molecule has 2 heterocycles. The molecule has 1 aromatic heterocycles. The topological polar surface area (TPSA) is 45.2 Å². The first-order valence-corrected chi connectivity index (χ1v) is 10.4. The van der Waals surface area contributed by atoms with Crippen molar-refractivity contribution in [2.24, 2.45) is 0 Å². The monoisotopic (exact) mass is 379 g/mol. The first kappa shape index (κ1) is 18.1. The van der Waals surface area contributed by atoms with Gasteiger partial charge in [0.05, 0.1) is 28.3 Å². The lowest BCUT2D eigenvalue weighted by atomic mass is 10.1. The van der Waals surface area contributed by atoms with E-state index in [0.717, 1.165) is 35.5 Å². The number of carbonyl (C=O) groups is 1. The highest BCUT2D eigenvalue weighted by molar-refractivity contribution is 7.18. The lowest BCUT2D eigenvalue weighted by Gasteiger charge is -2.29. The van der Waals surface area contributed by atoms with Crippen LogP contribution in [0, 0.1) is 0 Å². The van der Waals surface area contributed by atoms with Gasteiger partial charge >= 0.3 is 0 Å². The van der Waals surface area contributed by atoms with E-state index < -0.39 is 0 Å². The number of carbonyl (C=O) groups excluding carboxylic acids is 1. The van der Waals surface area contributed by atoms with Gasteiger partial charge in [0.15, 0.2) is 0 Å². The van der Waals surface area contributed by atoms with Gasteiger partial charge < -0.3 is 5.32 Å². The van der Waals surface area contributed by atoms with E-state index in [2.05, 4.69) is 40.5 Å². The Morgan fingerprint density at radius 3 is 2.67 bits per heavy atom. The van der Waals surface area contributed by atoms with Crippen molar-refractivity contribution in [2.45, 2.75) is 44.8 Å². The molecule has 0 saturated carbocycles. The molecule has 1 fully saturated rings. The predicted molar refractivity (Wildman–Crippen MR) is 111 cm³/mol. The summed E-state index contributed by atoms with van der Waals surface area (Å²) in [6, 6.07) is 18.4. The third kappa shape index (κ3) is 3.75. The molecule has 4 nitrogen and oxygen atoms in total. The average molecular weight is 380 g/mol. The van der Waals surface area contributed by atoms with Gasteiger partial charge in [0.25, 0.3) is 0 Å². The molecule has 140 valence electrons. The van der Waals surface area contributed by atoms with Crippen molar-refractivity contribution >= 4 is 27.5 Å². The van der Waals surface area contributed by atoms with Crippen LogP contribution in [0.3, 0.4) is 0 Å². The minimum Gasteiger partial charge on any atom is -0.348 e. The summed E-state index contributed by atoms with van der Waals surface area (Å²) >= 11 is 1.75. The molecular formula is C22H25N3OS. The molecule has 2 aromatic carbocycles. The number of hydrogen-bond acceptors (Lipinski definition) is 4. The molecule has 0 bridgehead atoms. The summed E-state index contributed by atoms with van der Waals surface area (Å²) in [4.78, 5) is 20.0. The number of nitrogens with one attached hydrogen (secondary N) is 1. The maximum atomic E-state index is 12.9. The normalized spacial score (nSPS) is 19.9. The highest BCUT2D eigenvalue weighted by Gasteiger charge is 2.35. The Labute approximate surface area is 164 Å². The first-order valence-electron chi connectivity index (χ1n) is 9.60. The highest BCUT2D eigenvalue weighted by Crippen LogP contribution is 2.37. The second-order valence-corrected chi connectivity index (χ2v) is 8.29. The van der Waals surface area contributed by atoms with Crippen molar-refractivity contribution in [3.05, 3.63) is 65.2 Å². The van der Waals surface area contributed by atoms with E-state index in [1.165, 1.54) is 4.70 Å². The number of para-hydroxylation sites is 1. The number of fused-ring (bicyclic) bond motifs is 1. The van der Waals surface area contributed by atoms with Crippen LogP contribution in [0.2, 0.25) is 0 Å². The predicted octanol–water partition coefficient (Wildman–Crippen LogP) is 4.70. The number of rotatable bonds is 5. The Hall–Kier alpha value is -2.24. The van der Waals surface area contributed by atoms with E-state index in [-0.39, 0.29) is 24.0 Å². The van der Waals surface area contributed by atoms with Crippen molar-refractivity contribution in [1.82, 2.24) is 15.2 Å². The maximum absolute atomic E-state index is 12.9. The van der Waals surface area contributed by atoms with Gasteiger partial charge in [0.2, 0.25) is 5.91 Å². The first-order chi connectivity index (χ1) is 13.1. The Bertz CT molecular complexity index is 890. The standard InChI is InChI=1S/C22H25N3OS/c1-15(17-9-4-3-5-10-17)23-21(26)16(2)25-14-8-12-19(25)22-24-18-11-6-7-13-20(18)27-22/h3-7,9-11,13,15-16,19H,8,12,14H2,1-2H3,(H,23,26). The molecule has 1 N–H and O–H groups in total. The third-order valence-corrected chi connectivity index (χ3v) is 6.56. The van der Waals surface area contributed by atoms with Crippen LogP contribution in [0.5, 0.6) is 0 Å². The van der Waals surface area contributed by atoms with Crippen LogP contribution in [0.4, 0.5) is 0 Å².